The fourth-order valence-electron chi connectivity index (χ4n) is 5.82. The van der Waals surface area contributed by atoms with Crippen molar-refractivity contribution in [1.82, 2.24) is 14.6 Å². The zero-order chi connectivity index (χ0) is 38.9. The van der Waals surface area contributed by atoms with E-state index in [-0.39, 0.29) is 31.7 Å². The molecule has 54 heavy (non-hydrogen) atoms. The normalized spacial score (nSPS) is 12.7. The van der Waals surface area contributed by atoms with Crippen molar-refractivity contribution in [2.24, 2.45) is 4.99 Å². The summed E-state index contributed by atoms with van der Waals surface area (Å²) in [5, 5.41) is 9.33. The van der Waals surface area contributed by atoms with Gasteiger partial charge in [0.1, 0.15) is 17.1 Å². The van der Waals surface area contributed by atoms with E-state index in [9.17, 15) is 5.26 Å². The Balaban J connectivity index is 1.79. The van der Waals surface area contributed by atoms with Crippen LogP contribution in [-0.2, 0) is 19.4 Å². The van der Waals surface area contributed by atoms with Gasteiger partial charge < -0.3 is 28.2 Å². The average Bonchev–Trinajstić information content (AvgIpc) is 3.18. The molecule has 0 spiro atoms. The smallest absolute Gasteiger partial charge is 0.259 e. The number of nitriles is 1. The molecule has 11 heteroatoms. The summed E-state index contributed by atoms with van der Waals surface area (Å²) in [5.41, 5.74) is 2.46. The number of methoxy groups -OCH3 is 2. The minimum Gasteiger partial charge on any atom is -0.497 e. The van der Waals surface area contributed by atoms with Crippen LogP contribution in [0, 0.1) is 23.2 Å². The number of aromatic nitrogens is 1. The molecule has 0 aliphatic heterocycles. The van der Waals surface area contributed by atoms with Gasteiger partial charge in [0.15, 0.2) is 5.82 Å². The highest BCUT2D eigenvalue weighted by molar-refractivity contribution is 7.44. The topological polar surface area (TPSA) is 102 Å². The summed E-state index contributed by atoms with van der Waals surface area (Å²) >= 11 is 0. The number of rotatable bonds is 19. The number of hydrogen-bond acceptors (Lipinski definition) is 9. The highest BCUT2D eigenvalue weighted by atomic mass is 31.2. The second-order valence-corrected chi connectivity index (χ2v) is 14.6. The van der Waals surface area contributed by atoms with E-state index in [1.165, 1.54) is 0 Å². The molecule has 4 aromatic rings. The van der Waals surface area contributed by atoms with E-state index in [0.717, 1.165) is 33.8 Å². The van der Waals surface area contributed by atoms with Gasteiger partial charge in [-0.3, -0.25) is 0 Å². The third-order valence-corrected chi connectivity index (χ3v) is 10.5. The molecule has 0 saturated carbocycles. The zero-order valence-corrected chi connectivity index (χ0v) is 33.5. The first-order chi connectivity index (χ1) is 26.1. The van der Waals surface area contributed by atoms with E-state index in [1.54, 1.807) is 26.8 Å². The van der Waals surface area contributed by atoms with Crippen LogP contribution in [-0.4, -0.2) is 80.6 Å². The van der Waals surface area contributed by atoms with Gasteiger partial charge in [-0.15, -0.1) is 0 Å². The predicted octanol–water partition coefficient (Wildman–Crippen LogP) is 8.73. The lowest BCUT2D eigenvalue weighted by atomic mass is 9.80. The molecule has 1 aromatic heterocycles. The minimum absolute atomic E-state index is 0.118. The molecule has 0 radical (unpaired) electrons. The van der Waals surface area contributed by atoms with Gasteiger partial charge in [0.2, 0.25) is 0 Å². The van der Waals surface area contributed by atoms with Gasteiger partial charge in [0.05, 0.1) is 52.4 Å². The van der Waals surface area contributed by atoms with Crippen molar-refractivity contribution < 1.29 is 23.3 Å². The molecule has 0 N–H and O–H groups in total. The van der Waals surface area contributed by atoms with Crippen LogP contribution in [0.15, 0.2) is 102 Å². The summed E-state index contributed by atoms with van der Waals surface area (Å²) in [5.74, 6) is 8.67. The molecule has 1 unspecified atom stereocenters. The van der Waals surface area contributed by atoms with Crippen LogP contribution in [0.4, 0.5) is 5.82 Å². The summed E-state index contributed by atoms with van der Waals surface area (Å²) in [6.45, 7) is 8.87. The largest absolute Gasteiger partial charge is 0.497 e. The average molecular weight is 750 g/mol. The van der Waals surface area contributed by atoms with Crippen LogP contribution in [0.2, 0.25) is 0 Å². The van der Waals surface area contributed by atoms with Gasteiger partial charge >= 0.3 is 0 Å². The lowest BCUT2D eigenvalue weighted by molar-refractivity contribution is -0.0328. The second kappa shape index (κ2) is 21.2. The number of benzene rings is 3. The Hall–Kier alpha value is -4.80. The van der Waals surface area contributed by atoms with Crippen LogP contribution in [0.5, 0.6) is 11.5 Å². The van der Waals surface area contributed by atoms with Crippen molar-refractivity contribution >= 4 is 20.7 Å². The van der Waals surface area contributed by atoms with E-state index < -0.39 is 20.2 Å². The lowest BCUT2D eigenvalue weighted by Gasteiger charge is -2.39. The maximum Gasteiger partial charge on any atom is 0.259 e. The molecule has 0 bridgehead atoms. The van der Waals surface area contributed by atoms with Crippen molar-refractivity contribution in [3.8, 4) is 29.4 Å². The highest BCUT2D eigenvalue weighted by Gasteiger charge is 2.39. The molecule has 0 amide bonds. The summed E-state index contributed by atoms with van der Waals surface area (Å²) in [6.07, 6.45) is 3.48. The van der Waals surface area contributed by atoms with E-state index in [1.807, 2.05) is 97.9 Å². The van der Waals surface area contributed by atoms with Crippen LogP contribution < -0.4 is 9.47 Å². The molecule has 4 rings (SSSR count). The van der Waals surface area contributed by atoms with Crippen LogP contribution in [0.1, 0.15) is 62.8 Å². The third-order valence-electron chi connectivity index (χ3n) is 8.29. The monoisotopic (exact) mass is 749 g/mol. The summed E-state index contributed by atoms with van der Waals surface area (Å²) in [7, 11) is 5.53. The first kappa shape index (κ1) is 41.9. The van der Waals surface area contributed by atoms with E-state index in [0.29, 0.717) is 12.2 Å². The lowest BCUT2D eigenvalue weighted by Crippen LogP contribution is -2.38. The molecule has 0 aliphatic rings. The van der Waals surface area contributed by atoms with Crippen LogP contribution >= 0.6 is 8.53 Å². The Kier molecular flexibility index (Phi) is 16.5. The second-order valence-electron chi connectivity index (χ2n) is 13.2. The fraction of sp³-hybridized carbons (Fsp3) is 0.372. The van der Waals surface area contributed by atoms with Crippen molar-refractivity contribution in [3.05, 3.63) is 119 Å². The molecular formula is C43H52N5O5P. The molecular weight excluding hydrogens is 697 g/mol. The highest BCUT2D eigenvalue weighted by Crippen LogP contribution is 2.48. The van der Waals surface area contributed by atoms with Gasteiger partial charge in [0.25, 0.3) is 8.53 Å². The Bertz CT molecular complexity index is 1780. The van der Waals surface area contributed by atoms with E-state index in [4.69, 9.17) is 23.3 Å². The third kappa shape index (κ3) is 11.6. The molecule has 0 aliphatic carbocycles. The molecule has 1 heterocycles. The molecule has 2 atom stereocenters. The minimum atomic E-state index is -1.59. The standard InChI is InChI=1S/C43H52N5O5P/c1-33(2)48(34(3)4)54(52-29-13-28-44)53-41(17-12-14-35-18-27-42(45-30-35)46-32-47(5)6)31-51-43(36-15-10-9-11-16-36,37-19-23-39(49-7)24-20-37)38-21-25-40(50-8)26-22-38/h9-11,15-16,18-27,30,32-34,41H,13,17,29,31H2,1-8H3/t41-,54?/m0/s1. The molecule has 10 nitrogen and oxygen atoms in total. The summed E-state index contributed by atoms with van der Waals surface area (Å²) in [4.78, 5) is 10.7. The Morgan fingerprint density at radius 3 is 1.93 bits per heavy atom. The van der Waals surface area contributed by atoms with Crippen molar-refractivity contribution in [2.45, 2.75) is 64.3 Å². The quantitative estimate of drug-likeness (QED) is 0.0233. The van der Waals surface area contributed by atoms with Gasteiger partial charge in [-0.2, -0.15) is 5.26 Å². The SMILES string of the molecule is COc1ccc(C(OC[C@H](CC#Cc2ccc(N=CN(C)C)nc2)OP(OCCC#N)N(C(C)C)C(C)C)(c2ccccc2)c2ccc(OC)cc2)cc1. The first-order valence-electron chi connectivity index (χ1n) is 18.0. The Morgan fingerprint density at radius 1 is 0.833 bits per heavy atom. The number of pyridine rings is 1. The van der Waals surface area contributed by atoms with E-state index >= 15 is 0 Å². The number of hydrogen-bond donors (Lipinski definition) is 0. The number of aliphatic imine (C=N–C) groups is 1. The first-order valence-corrected chi connectivity index (χ1v) is 19.1. The zero-order valence-electron chi connectivity index (χ0n) is 32.6. The fourth-order valence-corrected chi connectivity index (χ4v) is 7.51. The predicted molar refractivity (Wildman–Crippen MR) is 216 cm³/mol. The van der Waals surface area contributed by atoms with Crippen molar-refractivity contribution in [1.29, 1.82) is 5.26 Å². The number of ether oxygens (including phenoxy) is 3. The van der Waals surface area contributed by atoms with Crippen LogP contribution in [0.25, 0.3) is 0 Å². The maximum absolute atomic E-state index is 9.33. The molecule has 0 saturated heterocycles. The van der Waals surface area contributed by atoms with Crippen molar-refractivity contribution in [2.75, 3.05) is 41.5 Å². The van der Waals surface area contributed by atoms with E-state index in [2.05, 4.69) is 72.4 Å². The maximum atomic E-state index is 9.33. The summed E-state index contributed by atoms with van der Waals surface area (Å²) in [6, 6.07) is 32.2. The molecule has 284 valence electrons. The molecule has 0 fully saturated rings. The van der Waals surface area contributed by atoms with Gasteiger partial charge in [-0.1, -0.05) is 66.4 Å². The van der Waals surface area contributed by atoms with Gasteiger partial charge in [0, 0.05) is 44.4 Å². The van der Waals surface area contributed by atoms with Gasteiger partial charge in [-0.05, 0) is 80.8 Å². The summed E-state index contributed by atoms with van der Waals surface area (Å²) < 4.78 is 33.8. The van der Waals surface area contributed by atoms with Gasteiger partial charge in [-0.25, -0.2) is 14.6 Å². The van der Waals surface area contributed by atoms with Crippen molar-refractivity contribution in [3.63, 3.8) is 0 Å². The molecule has 3 aromatic carbocycles. The Morgan fingerprint density at radius 2 is 1.43 bits per heavy atom. The van der Waals surface area contributed by atoms with Crippen LogP contribution in [0.3, 0.4) is 0 Å². The number of nitrogens with zero attached hydrogens (tertiary/aromatic N) is 5. The Labute approximate surface area is 322 Å².